The molecule has 0 aliphatic carbocycles. The van der Waals surface area contributed by atoms with Gasteiger partial charge in [0.05, 0.1) is 10.6 Å². The summed E-state index contributed by atoms with van der Waals surface area (Å²) in [6.07, 6.45) is 2.71. The maximum Gasteiger partial charge on any atom is 0.254 e. The van der Waals surface area contributed by atoms with Crippen LogP contribution >= 0.6 is 0 Å². The lowest BCUT2D eigenvalue weighted by atomic mass is 10.00. The molecule has 0 unspecified atom stereocenters. The Balaban J connectivity index is 1.31. The molecule has 0 atom stereocenters. The van der Waals surface area contributed by atoms with Gasteiger partial charge >= 0.3 is 0 Å². The van der Waals surface area contributed by atoms with Crippen molar-refractivity contribution in [1.82, 2.24) is 8.87 Å². The van der Waals surface area contributed by atoms with Gasteiger partial charge in [-0.25, -0.2) is 8.42 Å². The van der Waals surface area contributed by atoms with E-state index >= 15 is 0 Å². The average molecular weight is 458 g/mol. The molecule has 1 aromatic heterocycles. The van der Waals surface area contributed by atoms with Crippen molar-refractivity contribution in [2.45, 2.75) is 50.0 Å². The summed E-state index contributed by atoms with van der Waals surface area (Å²) in [4.78, 5) is 26.2. The highest BCUT2D eigenvalue weighted by molar-refractivity contribution is 7.89. The molecule has 4 heterocycles. The van der Waals surface area contributed by atoms with Gasteiger partial charge < -0.3 is 14.2 Å². The molecule has 5 rings (SSSR count). The molecule has 0 saturated carbocycles. The zero-order chi connectivity index (χ0) is 22.6. The number of pyridine rings is 1. The van der Waals surface area contributed by atoms with E-state index < -0.39 is 10.0 Å². The fraction of sp³-hybridized carbons (Fsp3) is 0.478. The first-order valence-electron chi connectivity index (χ1n) is 11.0. The third-order valence-corrected chi connectivity index (χ3v) is 8.72. The van der Waals surface area contributed by atoms with Crippen LogP contribution < -0.4 is 15.2 Å². The molecule has 1 aromatic carbocycles. The maximum atomic E-state index is 13.4. The number of hydrogen-bond acceptors (Lipinski definition) is 5. The van der Waals surface area contributed by atoms with Gasteiger partial charge in [-0.3, -0.25) is 9.59 Å². The molecule has 3 aliphatic rings. The molecule has 0 radical (unpaired) electrons. The minimum absolute atomic E-state index is 0.124. The molecule has 1 amide bonds. The summed E-state index contributed by atoms with van der Waals surface area (Å²) in [5.41, 5.74) is 3.52. The Morgan fingerprint density at radius 1 is 0.938 bits per heavy atom. The van der Waals surface area contributed by atoms with Crippen LogP contribution in [0.2, 0.25) is 0 Å². The predicted octanol–water partition coefficient (Wildman–Crippen LogP) is 1.76. The number of nitrogens with zero attached hydrogens (tertiary/aromatic N) is 3. The maximum absolute atomic E-state index is 13.4. The van der Waals surface area contributed by atoms with E-state index in [1.54, 1.807) is 28.6 Å². The van der Waals surface area contributed by atoms with Gasteiger partial charge in [0.2, 0.25) is 15.9 Å². The number of carbonyl (C=O) groups is 1. The Labute approximate surface area is 187 Å². The number of benzene rings is 1. The second-order valence-electron chi connectivity index (χ2n) is 8.84. The highest BCUT2D eigenvalue weighted by Crippen LogP contribution is 2.39. The Morgan fingerprint density at radius 3 is 2.31 bits per heavy atom. The lowest BCUT2D eigenvalue weighted by Gasteiger charge is -2.32. The number of hydrogen-bond donors (Lipinski definition) is 0. The minimum Gasteiger partial charge on any atom is -0.490 e. The fourth-order valence-electron chi connectivity index (χ4n) is 4.91. The SMILES string of the molecule is Cc1cc(OC2CCN(S(=O)(=O)c3cc4c5c(c3)CCN5C(=O)CC4)CC2)cc(=O)n1C. The van der Waals surface area contributed by atoms with Crippen LogP contribution in [0.15, 0.2) is 34.0 Å². The van der Waals surface area contributed by atoms with Crippen molar-refractivity contribution >= 4 is 21.6 Å². The van der Waals surface area contributed by atoms with E-state index in [-0.39, 0.29) is 17.6 Å². The summed E-state index contributed by atoms with van der Waals surface area (Å²) in [5.74, 6) is 0.657. The smallest absolute Gasteiger partial charge is 0.254 e. The van der Waals surface area contributed by atoms with Crippen LogP contribution in [0.1, 0.15) is 36.1 Å². The first kappa shape index (κ1) is 21.2. The normalized spacial score (nSPS) is 19.3. The number of piperidine rings is 1. The number of anilines is 1. The molecule has 3 aliphatic heterocycles. The van der Waals surface area contributed by atoms with E-state index in [9.17, 15) is 18.0 Å². The van der Waals surface area contributed by atoms with Crippen LogP contribution in [0, 0.1) is 6.92 Å². The number of amides is 1. The van der Waals surface area contributed by atoms with Gasteiger partial charge in [-0.1, -0.05) is 0 Å². The molecule has 1 fully saturated rings. The van der Waals surface area contributed by atoms with Crippen molar-refractivity contribution in [2.75, 3.05) is 24.5 Å². The molecule has 9 heteroatoms. The summed E-state index contributed by atoms with van der Waals surface area (Å²) in [7, 11) is -1.90. The Morgan fingerprint density at radius 2 is 1.62 bits per heavy atom. The van der Waals surface area contributed by atoms with Crippen molar-refractivity contribution in [2.24, 2.45) is 7.05 Å². The van der Waals surface area contributed by atoms with Crippen molar-refractivity contribution in [3.63, 3.8) is 0 Å². The van der Waals surface area contributed by atoms with E-state index in [1.165, 1.54) is 10.4 Å². The molecule has 0 spiro atoms. The number of aromatic nitrogens is 1. The van der Waals surface area contributed by atoms with Gasteiger partial charge in [-0.2, -0.15) is 4.31 Å². The van der Waals surface area contributed by atoms with Crippen molar-refractivity contribution in [3.8, 4) is 5.75 Å². The number of ether oxygens (including phenoxy) is 1. The topological polar surface area (TPSA) is 88.9 Å². The van der Waals surface area contributed by atoms with Gasteiger partial charge in [-0.15, -0.1) is 0 Å². The quantitative estimate of drug-likeness (QED) is 0.698. The van der Waals surface area contributed by atoms with Crippen molar-refractivity contribution in [3.05, 3.63) is 51.4 Å². The molecule has 0 N–H and O–H groups in total. The van der Waals surface area contributed by atoms with Crippen LogP contribution in [0.5, 0.6) is 5.75 Å². The molecule has 0 bridgehead atoms. The summed E-state index contributed by atoms with van der Waals surface area (Å²) in [5, 5.41) is 0. The highest BCUT2D eigenvalue weighted by atomic mass is 32.2. The van der Waals surface area contributed by atoms with E-state index in [1.807, 2.05) is 13.0 Å². The van der Waals surface area contributed by atoms with Gasteiger partial charge in [0.25, 0.3) is 5.56 Å². The van der Waals surface area contributed by atoms with E-state index in [0.717, 1.165) is 22.5 Å². The van der Waals surface area contributed by atoms with Crippen molar-refractivity contribution in [1.29, 1.82) is 0 Å². The number of sulfonamides is 1. The molecular weight excluding hydrogens is 430 g/mol. The Bertz CT molecular complexity index is 1260. The lowest BCUT2D eigenvalue weighted by molar-refractivity contribution is -0.118. The Hall–Kier alpha value is -2.65. The van der Waals surface area contributed by atoms with E-state index in [2.05, 4.69) is 0 Å². The summed E-state index contributed by atoms with van der Waals surface area (Å²) < 4.78 is 35.8. The molecule has 170 valence electrons. The summed E-state index contributed by atoms with van der Waals surface area (Å²) >= 11 is 0. The number of rotatable bonds is 4. The minimum atomic E-state index is -3.62. The Kier molecular flexibility index (Phi) is 5.13. The first-order chi connectivity index (χ1) is 15.2. The molecule has 8 nitrogen and oxygen atoms in total. The zero-order valence-electron chi connectivity index (χ0n) is 18.3. The zero-order valence-corrected chi connectivity index (χ0v) is 19.2. The predicted molar refractivity (Wildman–Crippen MR) is 120 cm³/mol. The van der Waals surface area contributed by atoms with Crippen LogP contribution in [0.3, 0.4) is 0 Å². The van der Waals surface area contributed by atoms with Gasteiger partial charge in [0.1, 0.15) is 11.9 Å². The third-order valence-electron chi connectivity index (χ3n) is 6.84. The lowest BCUT2D eigenvalue weighted by Crippen LogP contribution is -2.42. The van der Waals surface area contributed by atoms with Crippen LogP contribution in [0.4, 0.5) is 5.69 Å². The van der Waals surface area contributed by atoms with E-state index in [4.69, 9.17) is 4.74 Å². The second-order valence-corrected chi connectivity index (χ2v) is 10.8. The largest absolute Gasteiger partial charge is 0.490 e. The average Bonchev–Trinajstić information content (AvgIpc) is 3.20. The van der Waals surface area contributed by atoms with Crippen molar-refractivity contribution < 1.29 is 17.9 Å². The molecule has 32 heavy (non-hydrogen) atoms. The second kappa shape index (κ2) is 7.74. The molecule has 1 saturated heterocycles. The molecule has 2 aromatic rings. The third kappa shape index (κ3) is 3.53. The summed E-state index contributed by atoms with van der Waals surface area (Å²) in [6, 6.07) is 6.80. The monoisotopic (exact) mass is 457 g/mol. The highest BCUT2D eigenvalue weighted by Gasteiger charge is 2.35. The van der Waals surface area contributed by atoms with Gasteiger partial charge in [-0.05, 0) is 61.9 Å². The first-order valence-corrected chi connectivity index (χ1v) is 12.5. The van der Waals surface area contributed by atoms with Gasteiger partial charge in [0, 0.05) is 44.9 Å². The number of carbonyl (C=O) groups excluding carboxylic acids is 1. The van der Waals surface area contributed by atoms with Gasteiger partial charge in [0.15, 0.2) is 0 Å². The standard InChI is InChI=1S/C23H27N3O5S/c1-15-11-19(14-22(28)24(15)2)31-18-6-8-25(9-7-18)32(29,30)20-12-16-3-4-21(27)26-10-5-17(13-20)23(16)26/h11-14,18H,3-10H2,1-2H3. The summed E-state index contributed by atoms with van der Waals surface area (Å²) in [6.45, 7) is 3.22. The van der Waals surface area contributed by atoms with Crippen LogP contribution in [-0.2, 0) is 34.7 Å². The fourth-order valence-corrected chi connectivity index (χ4v) is 6.48. The van der Waals surface area contributed by atoms with Crippen LogP contribution in [0.25, 0.3) is 0 Å². The van der Waals surface area contributed by atoms with E-state index in [0.29, 0.717) is 62.4 Å². The number of aryl methyl sites for hydroxylation is 2. The molecular formula is C23H27N3O5S. The van der Waals surface area contributed by atoms with Crippen LogP contribution in [-0.4, -0.2) is 48.9 Å².